The molecule has 14 heavy (non-hydrogen) atoms. The van der Waals surface area contributed by atoms with E-state index in [-0.39, 0.29) is 40.1 Å². The molecule has 1 aromatic heterocycles. The average Bonchev–Trinajstić information content (AvgIpc) is 2.05. The summed E-state index contributed by atoms with van der Waals surface area (Å²) < 4.78 is 37.7. The van der Waals surface area contributed by atoms with Gasteiger partial charge >= 0.3 is 0 Å². The second kappa shape index (κ2) is 6.55. The molecule has 0 saturated heterocycles. The second-order valence-corrected chi connectivity index (χ2v) is 3.71. The molecular formula is C7H9FN2O2SY-2. The largest absolute Gasteiger partial charge is 0.547 e. The summed E-state index contributed by atoms with van der Waals surface area (Å²) in [5, 5.41) is 0. The van der Waals surface area contributed by atoms with Crippen molar-refractivity contribution in [2.24, 2.45) is 0 Å². The first-order valence-electron chi connectivity index (χ1n) is 3.04. The Labute approximate surface area is 108 Å². The summed E-state index contributed by atoms with van der Waals surface area (Å²) in [6.45, 7) is 0. The molecule has 0 aliphatic rings. The van der Waals surface area contributed by atoms with Gasteiger partial charge in [-0.2, -0.15) is 11.4 Å². The van der Waals surface area contributed by atoms with Gasteiger partial charge < -0.3 is 12.1 Å². The van der Waals surface area contributed by atoms with Gasteiger partial charge in [-0.1, -0.05) is 0 Å². The van der Waals surface area contributed by atoms with E-state index >= 15 is 0 Å². The number of aromatic nitrogens is 1. The molecule has 1 rings (SSSR count). The maximum Gasteiger partial charge on any atom is 0.229 e. The zero-order valence-electron chi connectivity index (χ0n) is 7.81. The van der Waals surface area contributed by atoms with Gasteiger partial charge in [0.05, 0.1) is 0 Å². The number of hydrogen-bond donors (Lipinski definition) is 0. The Balaban J connectivity index is 0. The van der Waals surface area contributed by atoms with Crippen LogP contribution in [0.4, 0.5) is 4.39 Å². The molecule has 7 heteroatoms. The van der Waals surface area contributed by atoms with E-state index in [9.17, 15) is 12.8 Å². The Bertz CT molecular complexity index is 383. The Morgan fingerprint density at radius 2 is 2.07 bits per heavy atom. The van der Waals surface area contributed by atoms with Crippen molar-refractivity contribution in [2.45, 2.75) is 4.90 Å². The quantitative estimate of drug-likeness (QED) is 0.611. The normalized spacial score (nSPS) is 9.86. The van der Waals surface area contributed by atoms with Crippen LogP contribution in [0, 0.1) is 13.4 Å². The summed E-state index contributed by atoms with van der Waals surface area (Å²) in [6.07, 6.45) is 1.17. The SMILES string of the molecule is C[N-]S(=O)(=O)c1cccnc1F.[CH3-].[Y]. The van der Waals surface area contributed by atoms with Crippen molar-refractivity contribution in [3.8, 4) is 0 Å². The number of pyridine rings is 1. The molecule has 1 heterocycles. The van der Waals surface area contributed by atoms with Crippen molar-refractivity contribution in [1.82, 2.24) is 4.98 Å². The maximum absolute atomic E-state index is 12.7. The van der Waals surface area contributed by atoms with Crippen LogP contribution in [0.2, 0.25) is 0 Å². The van der Waals surface area contributed by atoms with Crippen molar-refractivity contribution >= 4 is 10.0 Å². The van der Waals surface area contributed by atoms with Crippen LogP contribution < -0.4 is 0 Å². The van der Waals surface area contributed by atoms with E-state index in [1.807, 2.05) is 0 Å². The Morgan fingerprint density at radius 1 is 1.50 bits per heavy atom. The fourth-order valence-electron chi connectivity index (χ4n) is 0.662. The zero-order chi connectivity index (χ0) is 9.19. The van der Waals surface area contributed by atoms with E-state index in [0.717, 1.165) is 13.1 Å². The summed E-state index contributed by atoms with van der Waals surface area (Å²) in [7, 11) is -2.76. The van der Waals surface area contributed by atoms with Crippen LogP contribution in [-0.4, -0.2) is 20.4 Å². The van der Waals surface area contributed by atoms with Crippen LogP contribution in [0.3, 0.4) is 0 Å². The van der Waals surface area contributed by atoms with Crippen LogP contribution >= 0.6 is 0 Å². The smallest absolute Gasteiger partial charge is 0.229 e. The van der Waals surface area contributed by atoms with Gasteiger partial charge in [-0.15, -0.1) is 0 Å². The summed E-state index contributed by atoms with van der Waals surface area (Å²) in [5.74, 6) is -1.02. The fourth-order valence-corrected chi connectivity index (χ4v) is 1.37. The third kappa shape index (κ3) is 3.69. The first kappa shape index (κ1) is 16.5. The minimum absolute atomic E-state index is 0. The molecule has 0 saturated carbocycles. The minimum Gasteiger partial charge on any atom is -0.547 e. The molecule has 0 N–H and O–H groups in total. The number of nitrogens with zero attached hydrogens (tertiary/aromatic N) is 2. The van der Waals surface area contributed by atoms with Gasteiger partial charge in [0.1, 0.15) is 14.9 Å². The first-order valence-corrected chi connectivity index (χ1v) is 4.48. The van der Waals surface area contributed by atoms with Gasteiger partial charge in [0.2, 0.25) is 5.95 Å². The van der Waals surface area contributed by atoms with Crippen molar-refractivity contribution < 1.29 is 45.5 Å². The molecule has 0 amide bonds. The maximum atomic E-state index is 12.7. The van der Waals surface area contributed by atoms with E-state index in [1.54, 1.807) is 0 Å². The van der Waals surface area contributed by atoms with Crippen molar-refractivity contribution in [2.75, 3.05) is 7.05 Å². The average molecular weight is 293 g/mol. The molecular weight excluding hydrogens is 284 g/mol. The molecule has 0 atom stereocenters. The van der Waals surface area contributed by atoms with Crippen molar-refractivity contribution in [3.05, 3.63) is 36.4 Å². The third-order valence-corrected chi connectivity index (χ3v) is 2.58. The van der Waals surface area contributed by atoms with E-state index in [0.29, 0.717) is 0 Å². The second-order valence-electron chi connectivity index (χ2n) is 1.95. The zero-order valence-corrected chi connectivity index (χ0v) is 11.5. The van der Waals surface area contributed by atoms with Gasteiger partial charge in [0.25, 0.3) is 0 Å². The number of hydrogen-bond acceptors (Lipinski definition) is 3. The molecule has 0 fully saturated rings. The fraction of sp³-hybridized carbons (Fsp3) is 0.143. The van der Waals surface area contributed by atoms with Gasteiger partial charge in [0, 0.05) is 38.9 Å². The molecule has 0 aliphatic carbocycles. The number of sulfonamides is 1. The third-order valence-electron chi connectivity index (χ3n) is 1.24. The Morgan fingerprint density at radius 3 is 2.50 bits per heavy atom. The predicted molar refractivity (Wildman–Crippen MR) is 47.1 cm³/mol. The summed E-state index contributed by atoms with van der Waals surface area (Å²) >= 11 is 0. The number of halogens is 1. The van der Waals surface area contributed by atoms with Crippen molar-refractivity contribution in [3.63, 3.8) is 0 Å². The van der Waals surface area contributed by atoms with Crippen LogP contribution in [0.15, 0.2) is 23.2 Å². The van der Waals surface area contributed by atoms with E-state index in [2.05, 4.69) is 9.71 Å². The molecule has 0 spiro atoms. The van der Waals surface area contributed by atoms with Crippen LogP contribution in [0.5, 0.6) is 0 Å². The minimum atomic E-state index is -3.84. The molecule has 4 nitrogen and oxygen atoms in total. The van der Waals surface area contributed by atoms with Gasteiger partial charge in [-0.3, -0.25) is 0 Å². The first-order chi connectivity index (χ1) is 5.58. The van der Waals surface area contributed by atoms with E-state index in [4.69, 9.17) is 0 Å². The van der Waals surface area contributed by atoms with Crippen LogP contribution in [0.25, 0.3) is 4.72 Å². The molecule has 0 bridgehead atoms. The van der Waals surface area contributed by atoms with Gasteiger partial charge in [0.15, 0.2) is 0 Å². The standard InChI is InChI=1S/C6H6FN2O2S.CH3.Y/c1-8-12(10,11)5-3-2-4-9-6(5)7;;/h2-4H,1H3;1H3;/q2*-1;. The molecule has 1 radical (unpaired) electrons. The predicted octanol–water partition coefficient (Wildman–Crippen LogP) is 1.36. The number of rotatable bonds is 2. The van der Waals surface area contributed by atoms with Crippen LogP contribution in [0.1, 0.15) is 0 Å². The van der Waals surface area contributed by atoms with E-state index < -0.39 is 20.9 Å². The molecule has 77 valence electrons. The Kier molecular flexibility index (Phi) is 7.73. The molecule has 0 unspecified atom stereocenters. The molecule has 1 aromatic rings. The van der Waals surface area contributed by atoms with Gasteiger partial charge in [-0.05, 0) is 12.1 Å². The molecule has 0 aliphatic heterocycles. The summed E-state index contributed by atoms with van der Waals surface area (Å²) in [4.78, 5) is 2.69. The van der Waals surface area contributed by atoms with E-state index in [1.165, 1.54) is 12.3 Å². The van der Waals surface area contributed by atoms with Gasteiger partial charge in [-0.25, -0.2) is 13.4 Å². The van der Waals surface area contributed by atoms with Crippen molar-refractivity contribution in [1.29, 1.82) is 0 Å². The summed E-state index contributed by atoms with van der Waals surface area (Å²) in [5.41, 5.74) is 0. The Hall–Kier alpha value is 0.0939. The van der Waals surface area contributed by atoms with Crippen LogP contribution in [-0.2, 0) is 42.7 Å². The topological polar surface area (TPSA) is 61.1 Å². The molecule has 0 aromatic carbocycles. The monoisotopic (exact) mass is 293 g/mol. The summed E-state index contributed by atoms with van der Waals surface area (Å²) in [6, 6.07) is 2.45.